The van der Waals surface area contributed by atoms with E-state index in [4.69, 9.17) is 4.74 Å². The van der Waals surface area contributed by atoms with Gasteiger partial charge < -0.3 is 15.0 Å². The van der Waals surface area contributed by atoms with Crippen LogP contribution in [0.3, 0.4) is 0 Å². The number of aryl methyl sites for hydroxylation is 1. The molecular weight excluding hydrogens is 288 g/mol. The monoisotopic (exact) mass is 312 g/mol. The fraction of sp³-hybridized carbons (Fsp3) is 0.444. The third-order valence-corrected chi connectivity index (χ3v) is 4.09. The summed E-state index contributed by atoms with van der Waals surface area (Å²) < 4.78 is 5.64. The number of hydrogen-bond acceptors (Lipinski definition) is 5. The minimum absolute atomic E-state index is 0.299. The van der Waals surface area contributed by atoms with E-state index >= 15 is 0 Å². The van der Waals surface area contributed by atoms with Crippen LogP contribution in [0.5, 0.6) is 0 Å². The zero-order valence-electron chi connectivity index (χ0n) is 13.8. The lowest BCUT2D eigenvalue weighted by molar-refractivity contribution is 0.120. The Bertz CT molecular complexity index is 640. The molecule has 5 nitrogen and oxygen atoms in total. The molecule has 1 unspecified atom stereocenters. The number of aromatic nitrogens is 2. The quantitative estimate of drug-likeness (QED) is 0.884. The van der Waals surface area contributed by atoms with Crippen LogP contribution in [0, 0.1) is 6.92 Å². The Hall–Kier alpha value is -2.14. The van der Waals surface area contributed by atoms with Gasteiger partial charge in [-0.15, -0.1) is 0 Å². The molecule has 1 aliphatic rings. The third kappa shape index (κ3) is 3.99. The van der Waals surface area contributed by atoms with Gasteiger partial charge >= 0.3 is 0 Å². The van der Waals surface area contributed by atoms with Crippen LogP contribution in [0.15, 0.2) is 36.7 Å². The first-order valence-electron chi connectivity index (χ1n) is 8.28. The summed E-state index contributed by atoms with van der Waals surface area (Å²) in [6.45, 7) is 6.76. The second-order valence-electron chi connectivity index (χ2n) is 5.86. The first-order valence-corrected chi connectivity index (χ1v) is 8.28. The maximum Gasteiger partial charge on any atom is 0.138 e. The molecule has 1 saturated heterocycles. The van der Waals surface area contributed by atoms with Gasteiger partial charge in [0.2, 0.25) is 0 Å². The summed E-state index contributed by atoms with van der Waals surface area (Å²) in [6.07, 6.45) is 4.19. The van der Waals surface area contributed by atoms with Crippen molar-refractivity contribution in [1.29, 1.82) is 0 Å². The lowest BCUT2D eigenvalue weighted by Crippen LogP contribution is -2.20. The van der Waals surface area contributed by atoms with E-state index in [2.05, 4.69) is 58.3 Å². The van der Waals surface area contributed by atoms with Crippen molar-refractivity contribution in [3.8, 4) is 0 Å². The maximum atomic E-state index is 5.64. The summed E-state index contributed by atoms with van der Waals surface area (Å²) in [5.74, 6) is 1.75. The molecule has 1 fully saturated rings. The topological polar surface area (TPSA) is 50.3 Å². The number of benzene rings is 1. The van der Waals surface area contributed by atoms with Crippen molar-refractivity contribution in [2.24, 2.45) is 0 Å². The number of anilines is 3. The van der Waals surface area contributed by atoms with Crippen molar-refractivity contribution < 1.29 is 4.74 Å². The number of ether oxygens (including phenoxy) is 1. The molecule has 0 bridgehead atoms. The molecule has 5 heteroatoms. The Morgan fingerprint density at radius 1 is 1.30 bits per heavy atom. The number of hydrogen-bond donors (Lipinski definition) is 1. The minimum atomic E-state index is 0.299. The van der Waals surface area contributed by atoms with Crippen molar-refractivity contribution in [1.82, 2.24) is 9.97 Å². The highest BCUT2D eigenvalue weighted by Gasteiger charge is 2.15. The highest BCUT2D eigenvalue weighted by Crippen LogP contribution is 2.25. The van der Waals surface area contributed by atoms with Gasteiger partial charge in [0.25, 0.3) is 0 Å². The van der Waals surface area contributed by atoms with E-state index in [0.717, 1.165) is 49.9 Å². The lowest BCUT2D eigenvalue weighted by Gasteiger charge is -2.23. The van der Waals surface area contributed by atoms with Gasteiger partial charge in [0.05, 0.1) is 6.10 Å². The summed E-state index contributed by atoms with van der Waals surface area (Å²) in [6, 6.07) is 10.5. The highest BCUT2D eigenvalue weighted by atomic mass is 16.5. The van der Waals surface area contributed by atoms with Crippen LogP contribution in [0.25, 0.3) is 0 Å². The molecule has 3 rings (SSSR count). The first kappa shape index (κ1) is 15.7. The van der Waals surface area contributed by atoms with Gasteiger partial charge in [0, 0.05) is 31.5 Å². The summed E-state index contributed by atoms with van der Waals surface area (Å²) in [4.78, 5) is 11.0. The Balaban J connectivity index is 1.74. The van der Waals surface area contributed by atoms with Crippen molar-refractivity contribution in [3.05, 3.63) is 42.2 Å². The molecule has 122 valence electrons. The Morgan fingerprint density at radius 3 is 2.96 bits per heavy atom. The molecule has 0 radical (unpaired) electrons. The molecule has 0 amide bonds. The molecule has 1 aliphatic heterocycles. The lowest BCUT2D eigenvalue weighted by atomic mass is 10.2. The molecule has 2 heterocycles. The van der Waals surface area contributed by atoms with Crippen molar-refractivity contribution in [2.75, 3.05) is 29.9 Å². The van der Waals surface area contributed by atoms with E-state index in [-0.39, 0.29) is 0 Å². The van der Waals surface area contributed by atoms with Crippen molar-refractivity contribution in [3.63, 3.8) is 0 Å². The minimum Gasteiger partial charge on any atom is -0.376 e. The zero-order chi connectivity index (χ0) is 16.1. The Kier molecular flexibility index (Phi) is 5.08. The SMILES string of the molecule is CCN(c1cccc(C)c1)c1cc(NCC2CCCO2)ncn1. The van der Waals surface area contributed by atoms with Gasteiger partial charge in [0.1, 0.15) is 18.0 Å². The summed E-state index contributed by atoms with van der Waals surface area (Å²) in [5.41, 5.74) is 2.39. The van der Waals surface area contributed by atoms with Crippen LogP contribution in [-0.4, -0.2) is 35.8 Å². The Labute approximate surface area is 137 Å². The van der Waals surface area contributed by atoms with Gasteiger partial charge in [-0.25, -0.2) is 9.97 Å². The van der Waals surface area contributed by atoms with Gasteiger partial charge in [-0.2, -0.15) is 0 Å². The van der Waals surface area contributed by atoms with E-state index in [1.54, 1.807) is 6.33 Å². The number of rotatable bonds is 6. The maximum absolute atomic E-state index is 5.64. The smallest absolute Gasteiger partial charge is 0.138 e. The van der Waals surface area contributed by atoms with Crippen LogP contribution in [0.1, 0.15) is 25.3 Å². The zero-order valence-corrected chi connectivity index (χ0v) is 13.8. The average molecular weight is 312 g/mol. The van der Waals surface area contributed by atoms with Crippen LogP contribution in [0.4, 0.5) is 17.3 Å². The molecule has 2 aromatic rings. The summed E-state index contributed by atoms with van der Waals surface area (Å²) in [7, 11) is 0. The Morgan fingerprint density at radius 2 is 2.22 bits per heavy atom. The molecule has 0 spiro atoms. The summed E-state index contributed by atoms with van der Waals surface area (Å²) >= 11 is 0. The van der Waals surface area contributed by atoms with E-state index in [1.807, 2.05) is 6.07 Å². The molecule has 1 aromatic carbocycles. The predicted molar refractivity (Wildman–Crippen MR) is 93.4 cm³/mol. The number of nitrogens with zero attached hydrogens (tertiary/aromatic N) is 3. The first-order chi connectivity index (χ1) is 11.3. The van der Waals surface area contributed by atoms with Crippen LogP contribution >= 0.6 is 0 Å². The largest absolute Gasteiger partial charge is 0.376 e. The van der Waals surface area contributed by atoms with Gasteiger partial charge in [0.15, 0.2) is 0 Å². The van der Waals surface area contributed by atoms with Gasteiger partial charge in [-0.3, -0.25) is 0 Å². The number of nitrogens with one attached hydrogen (secondary N) is 1. The van der Waals surface area contributed by atoms with Crippen LogP contribution < -0.4 is 10.2 Å². The second-order valence-corrected chi connectivity index (χ2v) is 5.86. The van der Waals surface area contributed by atoms with Gasteiger partial charge in [-0.1, -0.05) is 12.1 Å². The van der Waals surface area contributed by atoms with Crippen LogP contribution in [0.2, 0.25) is 0 Å². The molecular formula is C18H24N4O. The average Bonchev–Trinajstić information content (AvgIpc) is 3.08. The molecule has 1 aromatic heterocycles. The fourth-order valence-corrected chi connectivity index (χ4v) is 2.89. The van der Waals surface area contributed by atoms with E-state index in [9.17, 15) is 0 Å². The fourth-order valence-electron chi connectivity index (χ4n) is 2.89. The predicted octanol–water partition coefficient (Wildman–Crippen LogP) is 3.53. The van der Waals surface area contributed by atoms with Crippen LogP contribution in [-0.2, 0) is 4.74 Å². The normalized spacial score (nSPS) is 17.2. The van der Waals surface area contributed by atoms with E-state index in [1.165, 1.54) is 5.56 Å². The standard InChI is InChI=1S/C18H24N4O/c1-3-22(15-7-4-6-14(2)10-15)18-11-17(20-13-21-18)19-12-16-8-5-9-23-16/h4,6-7,10-11,13,16H,3,5,8-9,12H2,1-2H3,(H,19,20,21). The summed E-state index contributed by atoms with van der Waals surface area (Å²) in [5, 5.41) is 3.37. The van der Waals surface area contributed by atoms with Gasteiger partial charge in [-0.05, 0) is 44.4 Å². The van der Waals surface area contributed by atoms with Crippen molar-refractivity contribution >= 4 is 17.3 Å². The highest BCUT2D eigenvalue weighted by molar-refractivity contribution is 5.62. The van der Waals surface area contributed by atoms with Crippen molar-refractivity contribution in [2.45, 2.75) is 32.8 Å². The molecule has 23 heavy (non-hydrogen) atoms. The molecule has 1 atom stereocenters. The third-order valence-electron chi connectivity index (χ3n) is 4.09. The molecule has 0 saturated carbocycles. The van der Waals surface area contributed by atoms with E-state index < -0.39 is 0 Å². The second kappa shape index (κ2) is 7.42. The molecule has 1 N–H and O–H groups in total. The van der Waals surface area contributed by atoms with E-state index in [0.29, 0.717) is 6.10 Å². The molecule has 0 aliphatic carbocycles.